The topological polar surface area (TPSA) is 134 Å². The summed E-state index contributed by atoms with van der Waals surface area (Å²) in [5.41, 5.74) is 11.6. The first-order valence-electron chi connectivity index (χ1n) is 5.86. The zero-order valence-electron chi connectivity index (χ0n) is 11.1. The molecule has 2 aromatic rings. The van der Waals surface area contributed by atoms with Crippen molar-refractivity contribution in [1.82, 2.24) is 4.98 Å². The summed E-state index contributed by atoms with van der Waals surface area (Å²) in [4.78, 5) is 25.2. The molecule has 0 unspecified atom stereocenters. The van der Waals surface area contributed by atoms with Gasteiger partial charge in [0, 0.05) is 11.8 Å². The van der Waals surface area contributed by atoms with Crippen molar-refractivity contribution in [2.45, 2.75) is 6.92 Å². The van der Waals surface area contributed by atoms with Gasteiger partial charge in [0.25, 0.3) is 11.6 Å². The number of carbonyl (C=O) groups is 1. The number of hydrogen-bond acceptors (Lipinski definition) is 6. The highest BCUT2D eigenvalue weighted by atomic mass is 16.6. The summed E-state index contributed by atoms with van der Waals surface area (Å²) >= 11 is 0. The first kappa shape index (κ1) is 14.3. The summed E-state index contributed by atoms with van der Waals surface area (Å²) in [5, 5.41) is 10.7. The van der Waals surface area contributed by atoms with Crippen molar-refractivity contribution in [1.29, 1.82) is 0 Å². The third-order valence-electron chi connectivity index (χ3n) is 2.72. The van der Waals surface area contributed by atoms with Crippen LogP contribution in [0.25, 0.3) is 0 Å². The molecule has 0 fully saturated rings. The Labute approximate surface area is 119 Å². The van der Waals surface area contributed by atoms with E-state index in [0.29, 0.717) is 11.4 Å². The Balaban J connectivity index is 2.44. The molecule has 0 aliphatic heterocycles. The Morgan fingerprint density at radius 3 is 2.67 bits per heavy atom. The standard InChI is InChI=1S/C13H12N4O4/c1-7-4-8(14)2-3-11(7)21-13-10(12(15)18)5-9(6-16-13)17(19)20/h2-6H,14H2,1H3,(H2,15,18). The van der Waals surface area contributed by atoms with Crippen molar-refractivity contribution < 1.29 is 14.5 Å². The van der Waals surface area contributed by atoms with Crippen LogP contribution in [0.2, 0.25) is 0 Å². The number of nitro groups is 1. The van der Waals surface area contributed by atoms with Gasteiger partial charge in [-0.1, -0.05) is 0 Å². The van der Waals surface area contributed by atoms with Gasteiger partial charge >= 0.3 is 0 Å². The van der Waals surface area contributed by atoms with Gasteiger partial charge < -0.3 is 16.2 Å². The SMILES string of the molecule is Cc1cc(N)ccc1Oc1ncc([N+](=O)[O-])cc1C(N)=O. The van der Waals surface area contributed by atoms with Gasteiger partial charge in [0.1, 0.15) is 17.5 Å². The molecule has 4 N–H and O–H groups in total. The second-order valence-corrected chi connectivity index (χ2v) is 4.29. The van der Waals surface area contributed by atoms with Gasteiger partial charge in [-0.15, -0.1) is 0 Å². The molecule has 0 bridgehead atoms. The van der Waals surface area contributed by atoms with Gasteiger partial charge in [0.05, 0.1) is 4.92 Å². The van der Waals surface area contributed by atoms with E-state index >= 15 is 0 Å². The molecule has 8 heteroatoms. The van der Waals surface area contributed by atoms with E-state index in [0.717, 1.165) is 17.8 Å². The maximum atomic E-state index is 11.4. The minimum Gasteiger partial charge on any atom is -0.438 e. The molecule has 0 saturated heterocycles. The lowest BCUT2D eigenvalue weighted by Gasteiger charge is -2.10. The Hall–Kier alpha value is -3.16. The summed E-state index contributed by atoms with van der Waals surface area (Å²) in [7, 11) is 0. The third kappa shape index (κ3) is 3.06. The number of nitrogens with two attached hydrogens (primary N) is 2. The summed E-state index contributed by atoms with van der Waals surface area (Å²) in [6, 6.07) is 5.94. The molecule has 0 saturated carbocycles. The summed E-state index contributed by atoms with van der Waals surface area (Å²) in [6.07, 6.45) is 0.994. The van der Waals surface area contributed by atoms with Gasteiger partial charge in [-0.2, -0.15) is 0 Å². The first-order chi connectivity index (χ1) is 9.88. The zero-order chi connectivity index (χ0) is 15.6. The molecule has 1 amide bonds. The number of anilines is 1. The van der Waals surface area contributed by atoms with Crippen molar-refractivity contribution in [2.24, 2.45) is 5.73 Å². The number of amides is 1. The monoisotopic (exact) mass is 288 g/mol. The maximum absolute atomic E-state index is 11.4. The van der Waals surface area contributed by atoms with Crippen LogP contribution in [-0.2, 0) is 0 Å². The number of pyridine rings is 1. The average molecular weight is 288 g/mol. The Morgan fingerprint density at radius 2 is 2.10 bits per heavy atom. The van der Waals surface area contributed by atoms with Crippen molar-refractivity contribution in [2.75, 3.05) is 5.73 Å². The van der Waals surface area contributed by atoms with Gasteiger partial charge in [0.2, 0.25) is 5.88 Å². The maximum Gasteiger partial charge on any atom is 0.288 e. The number of aromatic nitrogens is 1. The Kier molecular flexibility index (Phi) is 3.70. The molecule has 108 valence electrons. The van der Waals surface area contributed by atoms with Crippen molar-refractivity contribution in [3.63, 3.8) is 0 Å². The lowest BCUT2D eigenvalue weighted by Crippen LogP contribution is -2.13. The van der Waals surface area contributed by atoms with Crippen LogP contribution < -0.4 is 16.2 Å². The molecule has 1 aromatic carbocycles. The first-order valence-corrected chi connectivity index (χ1v) is 5.86. The smallest absolute Gasteiger partial charge is 0.288 e. The van der Waals surface area contributed by atoms with Gasteiger partial charge in [-0.25, -0.2) is 4.98 Å². The number of ether oxygens (including phenoxy) is 1. The van der Waals surface area contributed by atoms with Crippen molar-refractivity contribution in [3.8, 4) is 11.6 Å². The predicted octanol–water partition coefficient (Wildman–Crippen LogP) is 1.77. The number of carbonyl (C=O) groups excluding carboxylic acids is 1. The van der Waals surface area contributed by atoms with Gasteiger partial charge in [-0.3, -0.25) is 14.9 Å². The molecule has 2 rings (SSSR count). The van der Waals surface area contributed by atoms with E-state index in [1.807, 2.05) is 0 Å². The van der Waals surface area contributed by atoms with E-state index in [4.69, 9.17) is 16.2 Å². The van der Waals surface area contributed by atoms with E-state index in [9.17, 15) is 14.9 Å². The molecule has 1 aromatic heterocycles. The summed E-state index contributed by atoms with van der Waals surface area (Å²) in [6.45, 7) is 1.76. The molecular formula is C13H12N4O4. The predicted molar refractivity (Wildman–Crippen MR) is 75.1 cm³/mol. The number of primary amides is 1. The molecule has 0 aliphatic rings. The zero-order valence-corrected chi connectivity index (χ0v) is 11.1. The van der Waals surface area contributed by atoms with E-state index in [1.54, 1.807) is 25.1 Å². The fraction of sp³-hybridized carbons (Fsp3) is 0.0769. The lowest BCUT2D eigenvalue weighted by atomic mass is 10.2. The normalized spacial score (nSPS) is 10.1. The quantitative estimate of drug-likeness (QED) is 0.500. The van der Waals surface area contributed by atoms with Gasteiger partial charge in [-0.05, 0) is 30.7 Å². The highest BCUT2D eigenvalue weighted by Crippen LogP contribution is 2.29. The summed E-state index contributed by atoms with van der Waals surface area (Å²) < 4.78 is 5.50. The number of benzene rings is 1. The number of nitrogens with zero attached hydrogens (tertiary/aromatic N) is 2. The van der Waals surface area contributed by atoms with Crippen LogP contribution in [0.3, 0.4) is 0 Å². The molecule has 21 heavy (non-hydrogen) atoms. The number of aryl methyl sites for hydroxylation is 1. The van der Waals surface area contributed by atoms with Crippen LogP contribution in [0.4, 0.5) is 11.4 Å². The second-order valence-electron chi connectivity index (χ2n) is 4.29. The van der Waals surface area contributed by atoms with Gasteiger partial charge in [0.15, 0.2) is 0 Å². The van der Waals surface area contributed by atoms with E-state index in [2.05, 4.69) is 4.98 Å². The molecular weight excluding hydrogens is 276 g/mol. The lowest BCUT2D eigenvalue weighted by molar-refractivity contribution is -0.385. The Morgan fingerprint density at radius 1 is 1.38 bits per heavy atom. The van der Waals surface area contributed by atoms with Crippen LogP contribution in [0.5, 0.6) is 11.6 Å². The van der Waals surface area contributed by atoms with E-state index in [1.165, 1.54) is 0 Å². The largest absolute Gasteiger partial charge is 0.438 e. The fourth-order valence-electron chi connectivity index (χ4n) is 1.69. The second kappa shape index (κ2) is 5.45. The van der Waals surface area contributed by atoms with E-state index < -0.39 is 10.8 Å². The number of hydrogen-bond donors (Lipinski definition) is 2. The molecule has 0 atom stereocenters. The fourth-order valence-corrected chi connectivity index (χ4v) is 1.69. The molecule has 8 nitrogen and oxygen atoms in total. The Bertz CT molecular complexity index is 730. The average Bonchev–Trinajstić information content (AvgIpc) is 2.41. The van der Waals surface area contributed by atoms with Crippen LogP contribution in [0.15, 0.2) is 30.5 Å². The molecule has 0 radical (unpaired) electrons. The highest BCUT2D eigenvalue weighted by Gasteiger charge is 2.18. The van der Waals surface area contributed by atoms with Crippen LogP contribution in [0.1, 0.15) is 15.9 Å². The third-order valence-corrected chi connectivity index (χ3v) is 2.72. The number of nitrogen functional groups attached to an aromatic ring is 1. The minimum absolute atomic E-state index is 0.0963. The molecule has 0 spiro atoms. The molecule has 1 heterocycles. The van der Waals surface area contributed by atoms with Crippen molar-refractivity contribution in [3.05, 3.63) is 51.7 Å². The minimum atomic E-state index is -0.866. The summed E-state index contributed by atoms with van der Waals surface area (Å²) in [5.74, 6) is -0.539. The number of rotatable bonds is 4. The van der Waals surface area contributed by atoms with Crippen molar-refractivity contribution >= 4 is 17.3 Å². The van der Waals surface area contributed by atoms with E-state index in [-0.39, 0.29) is 17.1 Å². The molecule has 0 aliphatic carbocycles. The van der Waals surface area contributed by atoms with Crippen LogP contribution in [0, 0.1) is 17.0 Å². The van der Waals surface area contributed by atoms with Crippen LogP contribution >= 0.6 is 0 Å². The van der Waals surface area contributed by atoms with Crippen LogP contribution in [-0.4, -0.2) is 15.8 Å². The highest BCUT2D eigenvalue weighted by molar-refractivity contribution is 5.95.